The monoisotopic (exact) mass is 285 g/mol. The van der Waals surface area contributed by atoms with Gasteiger partial charge in [0.15, 0.2) is 0 Å². The Hall–Kier alpha value is -0.950. The van der Waals surface area contributed by atoms with Crippen molar-refractivity contribution in [1.82, 2.24) is 4.31 Å². The second-order valence-corrected chi connectivity index (χ2v) is 6.67. The van der Waals surface area contributed by atoms with Crippen LogP contribution in [0.15, 0.2) is 30.3 Å². The Morgan fingerprint density at radius 3 is 2.74 bits per heavy atom. The van der Waals surface area contributed by atoms with E-state index < -0.39 is 16.1 Å². The molecule has 5 nitrogen and oxygen atoms in total. The van der Waals surface area contributed by atoms with Gasteiger partial charge in [0.05, 0.1) is 25.1 Å². The first-order valence-electron chi connectivity index (χ1n) is 6.36. The van der Waals surface area contributed by atoms with Crippen molar-refractivity contribution in [3.05, 3.63) is 35.9 Å². The van der Waals surface area contributed by atoms with E-state index in [9.17, 15) is 8.42 Å². The van der Waals surface area contributed by atoms with Crippen molar-refractivity contribution in [2.75, 3.05) is 32.1 Å². The zero-order chi connectivity index (χ0) is 13.7. The summed E-state index contributed by atoms with van der Waals surface area (Å²) in [5.41, 5.74) is 1.01. The van der Waals surface area contributed by atoms with Crippen molar-refractivity contribution in [3.8, 4) is 0 Å². The van der Waals surface area contributed by atoms with Gasteiger partial charge in [-0.25, -0.2) is 8.42 Å². The van der Waals surface area contributed by atoms with Gasteiger partial charge in [-0.15, -0.1) is 0 Å². The average molecular weight is 285 g/mol. The number of benzene rings is 1. The van der Waals surface area contributed by atoms with E-state index >= 15 is 0 Å². The third-order valence-electron chi connectivity index (χ3n) is 3.19. The molecule has 0 spiro atoms. The summed E-state index contributed by atoms with van der Waals surface area (Å²) >= 11 is 0. The lowest BCUT2D eigenvalue weighted by Crippen LogP contribution is -2.47. The van der Waals surface area contributed by atoms with Crippen molar-refractivity contribution in [3.63, 3.8) is 0 Å². The van der Waals surface area contributed by atoms with Crippen LogP contribution in [0.1, 0.15) is 5.56 Å². The van der Waals surface area contributed by atoms with Gasteiger partial charge in [-0.2, -0.15) is 4.31 Å². The standard InChI is InChI=1S/C13H19NO4S/c15-11-13-10-14(7-8-18-13)19(16,17)9-6-12-4-2-1-3-5-12/h1-5,13,15H,6-11H2. The summed E-state index contributed by atoms with van der Waals surface area (Å²) in [4.78, 5) is 0. The van der Waals surface area contributed by atoms with Gasteiger partial charge in [0.2, 0.25) is 10.0 Å². The summed E-state index contributed by atoms with van der Waals surface area (Å²) in [6.07, 6.45) is 0.102. The van der Waals surface area contributed by atoms with Crippen LogP contribution in [0, 0.1) is 0 Å². The van der Waals surface area contributed by atoms with Crippen LogP contribution in [0.25, 0.3) is 0 Å². The number of aliphatic hydroxyl groups is 1. The number of morpholine rings is 1. The third-order valence-corrected chi connectivity index (χ3v) is 5.03. The summed E-state index contributed by atoms with van der Waals surface area (Å²) in [5, 5.41) is 9.04. The van der Waals surface area contributed by atoms with Crippen LogP contribution < -0.4 is 0 Å². The smallest absolute Gasteiger partial charge is 0.214 e. The van der Waals surface area contributed by atoms with E-state index in [1.54, 1.807) is 0 Å². The second kappa shape index (κ2) is 6.47. The fourth-order valence-electron chi connectivity index (χ4n) is 2.08. The van der Waals surface area contributed by atoms with Gasteiger partial charge in [0, 0.05) is 13.1 Å². The van der Waals surface area contributed by atoms with Gasteiger partial charge in [-0.1, -0.05) is 30.3 Å². The Kier molecular flexibility index (Phi) is 4.93. The van der Waals surface area contributed by atoms with Gasteiger partial charge < -0.3 is 9.84 Å². The van der Waals surface area contributed by atoms with Crippen molar-refractivity contribution in [2.45, 2.75) is 12.5 Å². The molecule has 1 aliphatic heterocycles. The summed E-state index contributed by atoms with van der Waals surface area (Å²) in [7, 11) is -3.28. The normalized spacial score (nSPS) is 21.4. The highest BCUT2D eigenvalue weighted by Gasteiger charge is 2.28. The topological polar surface area (TPSA) is 66.8 Å². The molecule has 0 aliphatic carbocycles. The van der Waals surface area contributed by atoms with E-state index in [0.29, 0.717) is 19.6 Å². The molecule has 1 unspecified atom stereocenters. The summed E-state index contributed by atoms with van der Waals surface area (Å²) in [6, 6.07) is 9.56. The molecule has 19 heavy (non-hydrogen) atoms. The minimum Gasteiger partial charge on any atom is -0.394 e. The van der Waals surface area contributed by atoms with Gasteiger partial charge in [0.1, 0.15) is 0 Å². The van der Waals surface area contributed by atoms with Crippen LogP contribution in [-0.2, 0) is 21.2 Å². The minimum absolute atomic E-state index is 0.0924. The van der Waals surface area contributed by atoms with Crippen LogP contribution in [0.5, 0.6) is 0 Å². The summed E-state index contributed by atoms with van der Waals surface area (Å²) < 4.78 is 31.1. The number of aliphatic hydroxyl groups excluding tert-OH is 1. The Balaban J connectivity index is 1.94. The number of hydrogen-bond acceptors (Lipinski definition) is 4. The molecule has 1 aromatic rings. The highest BCUT2D eigenvalue weighted by molar-refractivity contribution is 7.89. The number of rotatable bonds is 5. The predicted molar refractivity (Wildman–Crippen MR) is 72.3 cm³/mol. The third kappa shape index (κ3) is 4.01. The number of sulfonamides is 1. The van der Waals surface area contributed by atoms with E-state index in [-0.39, 0.29) is 18.9 Å². The predicted octanol–water partition coefficient (Wildman–Crippen LogP) is 0.252. The molecule has 0 bridgehead atoms. The largest absolute Gasteiger partial charge is 0.394 e. The van der Waals surface area contributed by atoms with Gasteiger partial charge in [-0.05, 0) is 12.0 Å². The molecule has 1 aliphatic rings. The first-order chi connectivity index (χ1) is 9.12. The number of ether oxygens (including phenoxy) is 1. The van der Waals surface area contributed by atoms with Gasteiger partial charge in [0.25, 0.3) is 0 Å². The highest BCUT2D eigenvalue weighted by Crippen LogP contribution is 2.12. The van der Waals surface area contributed by atoms with Crippen LogP contribution in [0.2, 0.25) is 0 Å². The molecule has 0 aromatic heterocycles. The average Bonchev–Trinajstić information content (AvgIpc) is 2.46. The van der Waals surface area contributed by atoms with Crippen molar-refractivity contribution >= 4 is 10.0 Å². The first kappa shape index (κ1) is 14.5. The van der Waals surface area contributed by atoms with E-state index in [2.05, 4.69) is 0 Å². The summed E-state index contributed by atoms with van der Waals surface area (Å²) in [6.45, 7) is 0.807. The lowest BCUT2D eigenvalue weighted by Gasteiger charge is -2.31. The van der Waals surface area contributed by atoms with Crippen LogP contribution in [0.3, 0.4) is 0 Å². The first-order valence-corrected chi connectivity index (χ1v) is 7.97. The number of hydrogen-bond donors (Lipinski definition) is 1. The molecule has 1 saturated heterocycles. The Labute approximate surface area is 113 Å². The van der Waals surface area contributed by atoms with Crippen LogP contribution >= 0.6 is 0 Å². The van der Waals surface area contributed by atoms with Crippen molar-refractivity contribution in [1.29, 1.82) is 0 Å². The zero-order valence-electron chi connectivity index (χ0n) is 10.7. The van der Waals surface area contributed by atoms with Crippen LogP contribution in [-0.4, -0.2) is 56.0 Å². The van der Waals surface area contributed by atoms with E-state index in [1.165, 1.54) is 4.31 Å². The molecule has 0 amide bonds. The van der Waals surface area contributed by atoms with E-state index in [4.69, 9.17) is 9.84 Å². The molecule has 1 fully saturated rings. The molecule has 1 heterocycles. The maximum Gasteiger partial charge on any atom is 0.214 e. The Morgan fingerprint density at radius 2 is 2.05 bits per heavy atom. The fourth-order valence-corrected chi connectivity index (χ4v) is 3.57. The quantitative estimate of drug-likeness (QED) is 0.842. The van der Waals surface area contributed by atoms with Crippen LogP contribution in [0.4, 0.5) is 0 Å². The number of nitrogens with zero attached hydrogens (tertiary/aromatic N) is 1. The molecule has 0 radical (unpaired) electrons. The number of aryl methyl sites for hydroxylation is 1. The molecule has 6 heteroatoms. The van der Waals surface area contributed by atoms with E-state index in [0.717, 1.165) is 5.56 Å². The molecule has 1 atom stereocenters. The fraction of sp³-hybridized carbons (Fsp3) is 0.538. The molecular formula is C13H19NO4S. The Morgan fingerprint density at radius 1 is 1.32 bits per heavy atom. The molecular weight excluding hydrogens is 266 g/mol. The van der Waals surface area contributed by atoms with E-state index in [1.807, 2.05) is 30.3 Å². The molecule has 0 saturated carbocycles. The maximum atomic E-state index is 12.2. The van der Waals surface area contributed by atoms with Gasteiger partial charge >= 0.3 is 0 Å². The van der Waals surface area contributed by atoms with Gasteiger partial charge in [-0.3, -0.25) is 0 Å². The minimum atomic E-state index is -3.28. The van der Waals surface area contributed by atoms with Crippen molar-refractivity contribution in [2.24, 2.45) is 0 Å². The molecule has 2 rings (SSSR count). The second-order valence-electron chi connectivity index (χ2n) is 4.58. The lowest BCUT2D eigenvalue weighted by molar-refractivity contribution is -0.0304. The molecule has 1 N–H and O–H groups in total. The summed E-state index contributed by atoms with van der Waals surface area (Å²) in [5.74, 6) is 0.0924. The SMILES string of the molecule is O=S(=O)(CCc1ccccc1)N1CCOC(CO)C1. The van der Waals surface area contributed by atoms with Crippen molar-refractivity contribution < 1.29 is 18.3 Å². The molecule has 106 valence electrons. The highest BCUT2D eigenvalue weighted by atomic mass is 32.2. The molecule has 1 aromatic carbocycles. The lowest BCUT2D eigenvalue weighted by atomic mass is 10.2. The Bertz CT molecular complexity index is 489. The maximum absolute atomic E-state index is 12.2. The zero-order valence-corrected chi connectivity index (χ0v) is 11.6.